The third-order valence-electron chi connectivity index (χ3n) is 3.25. The summed E-state index contributed by atoms with van der Waals surface area (Å²) in [6.07, 6.45) is 3.03. The fourth-order valence-electron chi connectivity index (χ4n) is 2.08. The first-order chi connectivity index (χ1) is 11.5. The molecule has 2 heterocycles. The molecule has 0 saturated carbocycles. The number of pyridine rings is 1. The van der Waals surface area contributed by atoms with Gasteiger partial charge in [0.2, 0.25) is 5.88 Å². The quantitative estimate of drug-likeness (QED) is 0.622. The minimum atomic E-state index is -0.392. The van der Waals surface area contributed by atoms with Crippen molar-refractivity contribution in [2.24, 2.45) is 0 Å². The molecule has 0 unspecified atom stereocenters. The molecule has 6 nitrogen and oxygen atoms in total. The van der Waals surface area contributed by atoms with Crippen molar-refractivity contribution in [2.45, 2.75) is 0 Å². The number of ether oxygens (including phenoxy) is 2. The van der Waals surface area contributed by atoms with Crippen molar-refractivity contribution in [1.29, 1.82) is 0 Å². The number of benzene rings is 1. The van der Waals surface area contributed by atoms with Crippen molar-refractivity contribution in [3.05, 3.63) is 52.3 Å². The second kappa shape index (κ2) is 6.58. The van der Waals surface area contributed by atoms with Crippen molar-refractivity contribution in [3.63, 3.8) is 0 Å². The molecular formula is C16H11BrN2O4S. The van der Waals surface area contributed by atoms with Crippen molar-refractivity contribution >= 4 is 51.0 Å². The van der Waals surface area contributed by atoms with Crippen molar-refractivity contribution in [3.8, 4) is 11.6 Å². The molecule has 1 aromatic carbocycles. The van der Waals surface area contributed by atoms with Gasteiger partial charge in [0, 0.05) is 6.07 Å². The molecule has 2 aromatic rings. The van der Waals surface area contributed by atoms with E-state index >= 15 is 0 Å². The third kappa shape index (κ3) is 3.10. The summed E-state index contributed by atoms with van der Waals surface area (Å²) in [5, 5.41) is 9.54. The van der Waals surface area contributed by atoms with Crippen molar-refractivity contribution in [2.75, 3.05) is 12.0 Å². The number of aromatic hydroxyl groups is 1. The van der Waals surface area contributed by atoms with E-state index in [1.165, 1.54) is 24.3 Å². The number of carbonyl (C=O) groups is 1. The molecule has 1 aromatic heterocycles. The van der Waals surface area contributed by atoms with Crippen LogP contribution in [-0.4, -0.2) is 28.3 Å². The summed E-state index contributed by atoms with van der Waals surface area (Å²) in [7, 11) is 1.51. The average molecular weight is 407 g/mol. The lowest BCUT2D eigenvalue weighted by atomic mass is 10.2. The van der Waals surface area contributed by atoms with Gasteiger partial charge in [0.25, 0.3) is 5.17 Å². The van der Waals surface area contributed by atoms with Crippen LogP contribution in [0.4, 0.5) is 5.69 Å². The van der Waals surface area contributed by atoms with Gasteiger partial charge in [-0.2, -0.15) is 0 Å². The molecule has 0 aliphatic carbocycles. The zero-order valence-electron chi connectivity index (χ0n) is 12.4. The van der Waals surface area contributed by atoms with Crippen LogP contribution in [0, 0.1) is 0 Å². The van der Waals surface area contributed by atoms with Crippen molar-refractivity contribution in [1.82, 2.24) is 4.98 Å². The smallest absolute Gasteiger partial charge is 0.301 e. The molecule has 0 radical (unpaired) electrons. The molecular weight excluding hydrogens is 396 g/mol. The number of thiocarbonyl (C=S) groups is 1. The van der Waals surface area contributed by atoms with Gasteiger partial charge in [-0.15, -0.1) is 0 Å². The van der Waals surface area contributed by atoms with E-state index in [4.69, 9.17) is 21.7 Å². The first-order valence-corrected chi connectivity index (χ1v) is 7.96. The number of rotatable bonds is 3. The van der Waals surface area contributed by atoms with Gasteiger partial charge in [0.1, 0.15) is 5.75 Å². The van der Waals surface area contributed by atoms with Gasteiger partial charge in [0.15, 0.2) is 5.76 Å². The SMILES string of the molecule is COc1ccc(N2C(=O)/C(=C\c3ccc(O)c(Br)c3)OC2=S)cn1. The maximum Gasteiger partial charge on any atom is 0.301 e. The Bertz CT molecular complexity index is 852. The lowest BCUT2D eigenvalue weighted by Crippen LogP contribution is -2.28. The number of carbonyl (C=O) groups excluding carboxylic acids is 1. The lowest BCUT2D eigenvalue weighted by Gasteiger charge is -2.11. The lowest BCUT2D eigenvalue weighted by molar-refractivity contribution is -0.114. The van der Waals surface area contributed by atoms with Gasteiger partial charge < -0.3 is 14.6 Å². The highest BCUT2D eigenvalue weighted by Gasteiger charge is 2.35. The highest BCUT2D eigenvalue weighted by atomic mass is 79.9. The van der Waals surface area contributed by atoms with E-state index in [0.29, 0.717) is 21.6 Å². The Hall–Kier alpha value is -2.45. The van der Waals surface area contributed by atoms with E-state index in [9.17, 15) is 9.90 Å². The van der Waals surface area contributed by atoms with Crippen LogP contribution in [0.3, 0.4) is 0 Å². The number of anilines is 1. The predicted octanol–water partition coefficient (Wildman–Crippen LogP) is 3.25. The van der Waals surface area contributed by atoms with Crippen molar-refractivity contribution < 1.29 is 19.4 Å². The standard InChI is InChI=1S/C16H11BrN2O4S/c1-22-14-5-3-10(8-18-14)19-15(21)13(23-16(19)24)7-9-2-4-12(20)11(17)6-9/h2-8,20H,1H3/b13-7+. The van der Waals surface area contributed by atoms with E-state index in [-0.39, 0.29) is 16.7 Å². The van der Waals surface area contributed by atoms with Crippen LogP contribution in [0.5, 0.6) is 11.6 Å². The van der Waals surface area contributed by atoms with Crippen LogP contribution in [0.1, 0.15) is 5.56 Å². The molecule has 1 saturated heterocycles. The Morgan fingerprint density at radius 3 is 2.79 bits per heavy atom. The molecule has 1 N–H and O–H groups in total. The summed E-state index contributed by atoms with van der Waals surface area (Å²) in [4.78, 5) is 17.9. The maximum atomic E-state index is 12.6. The Kier molecular flexibility index (Phi) is 4.50. The number of methoxy groups -OCH3 is 1. The molecule has 0 bridgehead atoms. The predicted molar refractivity (Wildman–Crippen MR) is 95.7 cm³/mol. The minimum Gasteiger partial charge on any atom is -0.507 e. The van der Waals surface area contributed by atoms with Gasteiger partial charge in [-0.1, -0.05) is 6.07 Å². The largest absolute Gasteiger partial charge is 0.507 e. The third-order valence-corrected chi connectivity index (χ3v) is 4.15. The normalized spacial score (nSPS) is 15.8. The topological polar surface area (TPSA) is 71.9 Å². The number of halogens is 1. The Morgan fingerprint density at radius 2 is 2.17 bits per heavy atom. The summed E-state index contributed by atoms with van der Waals surface area (Å²) in [5.74, 6) is 0.240. The van der Waals surface area contributed by atoms with Gasteiger partial charge >= 0.3 is 5.91 Å². The number of amides is 1. The fraction of sp³-hybridized carbons (Fsp3) is 0.0625. The first-order valence-electron chi connectivity index (χ1n) is 6.76. The van der Waals surface area contributed by atoms with Crippen LogP contribution in [0.2, 0.25) is 0 Å². The van der Waals surface area contributed by atoms with Gasteiger partial charge in [0.05, 0.1) is 23.5 Å². The number of hydrogen-bond acceptors (Lipinski definition) is 6. The van der Waals surface area contributed by atoms with Gasteiger partial charge in [-0.3, -0.25) is 4.79 Å². The highest BCUT2D eigenvalue weighted by molar-refractivity contribution is 9.10. The summed E-state index contributed by atoms with van der Waals surface area (Å²) in [6, 6.07) is 8.13. The monoisotopic (exact) mass is 406 g/mol. The van der Waals surface area contributed by atoms with Crippen LogP contribution < -0.4 is 9.64 Å². The van der Waals surface area contributed by atoms with Gasteiger partial charge in [-0.25, -0.2) is 9.88 Å². The zero-order chi connectivity index (χ0) is 17.3. The number of aromatic nitrogens is 1. The van der Waals surface area contributed by atoms with Crippen LogP contribution in [-0.2, 0) is 9.53 Å². The Labute approximate surface area is 151 Å². The van der Waals surface area contributed by atoms with Gasteiger partial charge in [-0.05, 0) is 58.0 Å². The van der Waals surface area contributed by atoms with Crippen LogP contribution >= 0.6 is 28.1 Å². The summed E-state index contributed by atoms with van der Waals surface area (Å²) >= 11 is 8.36. The first kappa shape index (κ1) is 16.4. The van der Waals surface area contributed by atoms with E-state index < -0.39 is 5.91 Å². The van der Waals surface area contributed by atoms with E-state index in [0.717, 1.165) is 0 Å². The number of nitrogens with zero attached hydrogens (tertiary/aromatic N) is 2. The molecule has 24 heavy (non-hydrogen) atoms. The summed E-state index contributed by atoms with van der Waals surface area (Å²) in [6.45, 7) is 0. The number of phenols is 1. The van der Waals surface area contributed by atoms with Crippen LogP contribution in [0.25, 0.3) is 6.08 Å². The molecule has 8 heteroatoms. The van der Waals surface area contributed by atoms with E-state index in [1.807, 2.05) is 0 Å². The molecule has 3 rings (SSSR count). The molecule has 1 fully saturated rings. The van der Waals surface area contributed by atoms with E-state index in [2.05, 4.69) is 20.9 Å². The summed E-state index contributed by atoms with van der Waals surface area (Å²) < 4.78 is 10.9. The molecule has 1 aliphatic rings. The maximum absolute atomic E-state index is 12.6. The van der Waals surface area contributed by atoms with E-state index in [1.54, 1.807) is 30.3 Å². The molecule has 1 amide bonds. The number of phenolic OH excluding ortho intramolecular Hbond substituents is 1. The molecule has 122 valence electrons. The second-order valence-electron chi connectivity index (χ2n) is 4.79. The highest BCUT2D eigenvalue weighted by Crippen LogP contribution is 2.29. The summed E-state index contributed by atoms with van der Waals surface area (Å²) in [5.41, 5.74) is 1.17. The Balaban J connectivity index is 1.90. The van der Waals surface area contributed by atoms with Crippen LogP contribution in [0.15, 0.2) is 46.8 Å². The minimum absolute atomic E-state index is 0.0241. The molecule has 1 aliphatic heterocycles. The Morgan fingerprint density at radius 1 is 1.38 bits per heavy atom. The molecule has 0 spiro atoms. The number of hydrogen-bond donors (Lipinski definition) is 1. The fourth-order valence-corrected chi connectivity index (χ4v) is 2.75. The molecule has 0 atom stereocenters. The average Bonchev–Trinajstić information content (AvgIpc) is 2.85. The zero-order valence-corrected chi connectivity index (χ0v) is 14.8. The second-order valence-corrected chi connectivity index (χ2v) is 5.99.